The Bertz CT molecular complexity index is 1080. The van der Waals surface area contributed by atoms with Crippen LogP contribution in [-0.2, 0) is 17.6 Å². The number of rotatable bonds is 9. The summed E-state index contributed by atoms with van der Waals surface area (Å²) in [7, 11) is 3.96. The molecule has 0 aromatic carbocycles. The van der Waals surface area contributed by atoms with Crippen molar-refractivity contribution in [2.75, 3.05) is 27.2 Å². The summed E-state index contributed by atoms with van der Waals surface area (Å²) in [5, 5.41) is 1.50. The summed E-state index contributed by atoms with van der Waals surface area (Å²) < 4.78 is 5.80. The van der Waals surface area contributed by atoms with E-state index in [1.165, 1.54) is 5.56 Å². The van der Waals surface area contributed by atoms with Gasteiger partial charge in [-0.3, -0.25) is 4.79 Å². The van der Waals surface area contributed by atoms with Crippen LogP contribution in [0.15, 0.2) is 18.5 Å². The number of pyridine rings is 2. The molecule has 1 aliphatic carbocycles. The van der Waals surface area contributed by atoms with E-state index < -0.39 is 0 Å². The molecule has 0 radical (unpaired) electrons. The lowest BCUT2D eigenvalue weighted by molar-refractivity contribution is -0.117. The van der Waals surface area contributed by atoms with Crippen molar-refractivity contribution in [2.24, 2.45) is 0 Å². The second-order valence-electron chi connectivity index (χ2n) is 8.02. The monoisotopic (exact) mass is 444 g/mol. The van der Waals surface area contributed by atoms with Gasteiger partial charge in [0, 0.05) is 37.3 Å². The van der Waals surface area contributed by atoms with Crippen LogP contribution in [0.4, 0.5) is 0 Å². The van der Waals surface area contributed by atoms with Gasteiger partial charge in [0.1, 0.15) is 22.7 Å². The summed E-state index contributed by atoms with van der Waals surface area (Å²) in [6.07, 6.45) is 6.26. The van der Waals surface area contributed by atoms with Crippen LogP contribution in [0.5, 0.6) is 5.88 Å². The molecule has 1 saturated carbocycles. The maximum atomic E-state index is 13.0. The zero-order valence-electron chi connectivity index (χ0n) is 17.4. The van der Waals surface area contributed by atoms with Gasteiger partial charge >= 0.3 is 0 Å². The van der Waals surface area contributed by atoms with E-state index in [9.17, 15) is 4.79 Å². The van der Waals surface area contributed by atoms with E-state index in [4.69, 9.17) is 21.3 Å². The third-order valence-electron chi connectivity index (χ3n) is 5.08. The molecule has 0 amide bonds. The van der Waals surface area contributed by atoms with E-state index >= 15 is 0 Å². The Morgan fingerprint density at radius 1 is 1.23 bits per heavy atom. The van der Waals surface area contributed by atoms with E-state index in [1.807, 2.05) is 32.1 Å². The number of carbonyl (C=O) groups excluding carboxylic acids is 1. The van der Waals surface area contributed by atoms with Gasteiger partial charge in [-0.05, 0) is 57.0 Å². The van der Waals surface area contributed by atoms with E-state index in [-0.39, 0.29) is 12.2 Å². The molecule has 4 rings (SSSR count). The molecule has 6 nitrogen and oxygen atoms in total. The van der Waals surface area contributed by atoms with Crippen molar-refractivity contribution < 1.29 is 9.53 Å². The lowest BCUT2D eigenvalue weighted by atomic mass is 9.98. The summed E-state index contributed by atoms with van der Waals surface area (Å²) in [6.45, 7) is 3.26. The quantitative estimate of drug-likeness (QED) is 0.492. The van der Waals surface area contributed by atoms with Crippen LogP contribution in [0.25, 0.3) is 10.3 Å². The number of carbonyl (C=O) groups is 1. The predicted octanol–water partition coefficient (Wildman–Crippen LogP) is 4.22. The minimum Gasteiger partial charge on any atom is -0.476 e. The molecule has 158 valence electrons. The van der Waals surface area contributed by atoms with E-state index in [1.54, 1.807) is 23.6 Å². The normalized spacial score (nSPS) is 13.9. The summed E-state index contributed by atoms with van der Waals surface area (Å²) in [5.41, 5.74) is 3.90. The molecule has 0 bridgehead atoms. The molecule has 0 saturated heterocycles. The van der Waals surface area contributed by atoms with Gasteiger partial charge in [0.15, 0.2) is 0 Å². The number of halogens is 1. The van der Waals surface area contributed by atoms with Crippen LogP contribution in [0.3, 0.4) is 0 Å². The molecule has 0 atom stereocenters. The van der Waals surface area contributed by atoms with Crippen LogP contribution in [0.2, 0.25) is 5.02 Å². The zero-order valence-corrected chi connectivity index (χ0v) is 19.0. The Kier molecular flexibility index (Phi) is 6.32. The largest absolute Gasteiger partial charge is 0.476 e. The van der Waals surface area contributed by atoms with Gasteiger partial charge < -0.3 is 9.64 Å². The second kappa shape index (κ2) is 8.96. The lowest BCUT2D eigenvalue weighted by Gasteiger charge is -2.13. The minimum absolute atomic E-state index is 0.0894. The molecule has 0 spiro atoms. The smallest absolute Gasteiger partial charge is 0.217 e. The van der Waals surface area contributed by atoms with E-state index in [0.717, 1.165) is 45.9 Å². The van der Waals surface area contributed by atoms with Crippen molar-refractivity contribution in [1.82, 2.24) is 19.9 Å². The summed E-state index contributed by atoms with van der Waals surface area (Å²) in [5.74, 6) is 1.06. The van der Waals surface area contributed by atoms with Gasteiger partial charge in [-0.2, -0.15) is 0 Å². The fourth-order valence-electron chi connectivity index (χ4n) is 3.54. The number of hydrogen-bond acceptors (Lipinski definition) is 7. The number of Topliss-reactive ketones (excluding diaryl/α,β-unsaturated/α-hetero) is 1. The summed E-state index contributed by atoms with van der Waals surface area (Å²) in [4.78, 5) is 29.5. The first-order valence-corrected chi connectivity index (χ1v) is 11.3. The third-order valence-corrected chi connectivity index (χ3v) is 6.17. The number of ketones is 1. The average Bonchev–Trinajstić information content (AvgIpc) is 3.43. The molecule has 30 heavy (non-hydrogen) atoms. The molecule has 1 aliphatic rings. The van der Waals surface area contributed by atoms with Crippen molar-refractivity contribution in [2.45, 2.75) is 38.5 Å². The Labute approximate surface area is 185 Å². The topological polar surface area (TPSA) is 68.2 Å². The Balaban J connectivity index is 1.53. The molecular weight excluding hydrogens is 420 g/mol. The van der Waals surface area contributed by atoms with Crippen LogP contribution >= 0.6 is 22.9 Å². The molecule has 3 aromatic rings. The van der Waals surface area contributed by atoms with Gasteiger partial charge in [-0.15, -0.1) is 0 Å². The zero-order chi connectivity index (χ0) is 21.3. The number of likely N-dealkylation sites (N-methyl/N-ethyl adjacent to an activating group) is 1. The number of hydrogen-bond donors (Lipinski definition) is 0. The number of aryl methyl sites for hydroxylation is 1. The summed E-state index contributed by atoms with van der Waals surface area (Å²) in [6, 6.07) is 1.77. The van der Waals surface area contributed by atoms with Gasteiger partial charge in [-0.1, -0.05) is 22.9 Å². The van der Waals surface area contributed by atoms with Crippen molar-refractivity contribution in [3.8, 4) is 5.88 Å². The minimum atomic E-state index is 0.0894. The van der Waals surface area contributed by atoms with Crippen molar-refractivity contribution >= 4 is 39.1 Å². The maximum Gasteiger partial charge on any atom is 0.217 e. The Morgan fingerprint density at radius 2 is 2.00 bits per heavy atom. The molecule has 0 N–H and O–H groups in total. The molecular formula is C22H25ClN4O2S. The molecule has 3 aromatic heterocycles. The number of fused-ring (bicyclic) bond motifs is 1. The standard InChI is InChI=1S/C22H25ClN4O2S/c1-13-26-20-19(14-4-5-14)16(11-25-22(20)30-13)10-18(28)9-15-8-17(23)12-24-21(15)29-7-6-27(2)3/h8,11-12,14H,4-7,9-10H2,1-3H3. The number of ether oxygens (including phenoxy) is 1. The number of nitrogens with zero attached hydrogens (tertiary/aromatic N) is 4. The van der Waals surface area contributed by atoms with Crippen LogP contribution in [-0.4, -0.2) is 52.9 Å². The van der Waals surface area contributed by atoms with Crippen molar-refractivity contribution in [3.05, 3.63) is 45.2 Å². The highest BCUT2D eigenvalue weighted by molar-refractivity contribution is 7.18. The maximum absolute atomic E-state index is 13.0. The number of aromatic nitrogens is 3. The molecule has 0 unspecified atom stereocenters. The molecule has 8 heteroatoms. The van der Waals surface area contributed by atoms with Gasteiger partial charge in [0.05, 0.1) is 10.0 Å². The molecule has 1 fully saturated rings. The van der Waals surface area contributed by atoms with Crippen molar-refractivity contribution in [3.63, 3.8) is 0 Å². The first kappa shape index (κ1) is 21.2. The lowest BCUT2D eigenvalue weighted by Crippen LogP contribution is -2.20. The third kappa shape index (κ3) is 4.96. The highest BCUT2D eigenvalue weighted by atomic mass is 35.5. The fourth-order valence-corrected chi connectivity index (χ4v) is 4.50. The SMILES string of the molecule is Cc1nc2c(C3CC3)c(CC(=O)Cc3cc(Cl)cnc3OCCN(C)C)cnc2s1. The van der Waals surface area contributed by atoms with Crippen molar-refractivity contribution in [1.29, 1.82) is 0 Å². The van der Waals surface area contributed by atoms with E-state index in [2.05, 4.69) is 9.97 Å². The van der Waals surface area contributed by atoms with Gasteiger partial charge in [0.2, 0.25) is 5.88 Å². The number of thiazole rings is 1. The predicted molar refractivity (Wildman–Crippen MR) is 120 cm³/mol. The Morgan fingerprint density at radius 3 is 2.73 bits per heavy atom. The van der Waals surface area contributed by atoms with Crippen LogP contribution < -0.4 is 4.74 Å². The van der Waals surface area contributed by atoms with Gasteiger partial charge in [0.25, 0.3) is 0 Å². The first-order valence-electron chi connectivity index (χ1n) is 10.1. The summed E-state index contributed by atoms with van der Waals surface area (Å²) >= 11 is 7.74. The highest BCUT2D eigenvalue weighted by Gasteiger charge is 2.30. The first-order chi connectivity index (χ1) is 14.4. The van der Waals surface area contributed by atoms with Crippen LogP contribution in [0.1, 0.15) is 40.5 Å². The average molecular weight is 445 g/mol. The Hall–Kier alpha value is -2.09. The molecule has 0 aliphatic heterocycles. The van der Waals surface area contributed by atoms with Gasteiger partial charge in [-0.25, -0.2) is 15.0 Å². The fraction of sp³-hybridized carbons (Fsp3) is 0.455. The van der Waals surface area contributed by atoms with E-state index in [0.29, 0.717) is 29.8 Å². The molecule has 3 heterocycles. The highest BCUT2D eigenvalue weighted by Crippen LogP contribution is 2.45. The second-order valence-corrected chi connectivity index (χ2v) is 9.64. The van der Waals surface area contributed by atoms with Crippen LogP contribution in [0, 0.1) is 6.92 Å².